The van der Waals surface area contributed by atoms with E-state index in [1.165, 1.54) is 0 Å². The number of hydrogen-bond donors (Lipinski definition) is 1. The van der Waals surface area contributed by atoms with Crippen molar-refractivity contribution in [1.29, 1.82) is 0 Å². The van der Waals surface area contributed by atoms with Gasteiger partial charge in [0.1, 0.15) is 0 Å². The van der Waals surface area contributed by atoms with Crippen LogP contribution in [0, 0.1) is 0 Å². The Morgan fingerprint density at radius 3 is 2.33 bits per heavy atom. The van der Waals surface area contributed by atoms with E-state index >= 15 is 0 Å². The van der Waals surface area contributed by atoms with Crippen LogP contribution in [0.15, 0.2) is 30.5 Å². The molecular formula is C10H17NO. The monoisotopic (exact) mass is 167 g/mol. The third-order valence-corrected chi connectivity index (χ3v) is 1.65. The lowest BCUT2D eigenvalue weighted by atomic mass is 10.1. The van der Waals surface area contributed by atoms with Crippen molar-refractivity contribution >= 4 is 5.71 Å². The molecule has 0 fully saturated rings. The van der Waals surface area contributed by atoms with Crippen LogP contribution in [-0.4, -0.2) is 10.9 Å². The van der Waals surface area contributed by atoms with Gasteiger partial charge in [0.25, 0.3) is 0 Å². The molecule has 0 amide bonds. The predicted molar refractivity (Wildman–Crippen MR) is 52.7 cm³/mol. The SMILES string of the molecule is C=CCCC/C(CCC=C)=N/O. The molecule has 68 valence electrons. The van der Waals surface area contributed by atoms with E-state index in [1.54, 1.807) is 0 Å². The van der Waals surface area contributed by atoms with E-state index in [2.05, 4.69) is 18.3 Å². The van der Waals surface area contributed by atoms with Crippen molar-refractivity contribution < 1.29 is 5.21 Å². The molecule has 0 radical (unpaired) electrons. The van der Waals surface area contributed by atoms with Crippen molar-refractivity contribution in [2.24, 2.45) is 5.16 Å². The Kier molecular flexibility index (Phi) is 7.35. The van der Waals surface area contributed by atoms with Gasteiger partial charge in [-0.3, -0.25) is 0 Å². The first-order valence-electron chi connectivity index (χ1n) is 4.26. The van der Waals surface area contributed by atoms with Crippen LogP contribution < -0.4 is 0 Å². The second-order valence-electron chi connectivity index (χ2n) is 2.67. The number of hydrogen-bond acceptors (Lipinski definition) is 2. The summed E-state index contributed by atoms with van der Waals surface area (Å²) in [5.41, 5.74) is 0.858. The van der Waals surface area contributed by atoms with Gasteiger partial charge in [0, 0.05) is 0 Å². The zero-order chi connectivity index (χ0) is 9.23. The lowest BCUT2D eigenvalue weighted by molar-refractivity contribution is 0.316. The van der Waals surface area contributed by atoms with Gasteiger partial charge in [-0.2, -0.15) is 0 Å². The summed E-state index contributed by atoms with van der Waals surface area (Å²) in [6.45, 7) is 7.24. The van der Waals surface area contributed by atoms with E-state index in [1.807, 2.05) is 12.2 Å². The van der Waals surface area contributed by atoms with Crippen molar-refractivity contribution in [3.05, 3.63) is 25.3 Å². The first-order valence-corrected chi connectivity index (χ1v) is 4.26. The summed E-state index contributed by atoms with van der Waals surface area (Å²) >= 11 is 0. The molecule has 0 rings (SSSR count). The van der Waals surface area contributed by atoms with E-state index in [0.717, 1.165) is 37.8 Å². The molecule has 0 atom stereocenters. The topological polar surface area (TPSA) is 32.6 Å². The van der Waals surface area contributed by atoms with Crippen LogP contribution in [0.2, 0.25) is 0 Å². The van der Waals surface area contributed by atoms with Crippen molar-refractivity contribution in [2.45, 2.75) is 32.1 Å². The first kappa shape index (κ1) is 11.0. The first-order chi connectivity index (χ1) is 5.85. The van der Waals surface area contributed by atoms with E-state index in [0.29, 0.717) is 0 Å². The summed E-state index contributed by atoms with van der Waals surface area (Å²) in [5, 5.41) is 11.8. The molecule has 2 heteroatoms. The average molecular weight is 167 g/mol. The molecule has 2 nitrogen and oxygen atoms in total. The van der Waals surface area contributed by atoms with E-state index < -0.39 is 0 Å². The van der Waals surface area contributed by atoms with Gasteiger partial charge in [0.15, 0.2) is 0 Å². The number of nitrogens with zero attached hydrogens (tertiary/aromatic N) is 1. The van der Waals surface area contributed by atoms with Crippen LogP contribution in [-0.2, 0) is 0 Å². The minimum absolute atomic E-state index is 0.817. The Labute approximate surface area is 74.3 Å². The van der Waals surface area contributed by atoms with E-state index in [9.17, 15) is 0 Å². The molecule has 0 aromatic heterocycles. The van der Waals surface area contributed by atoms with Crippen LogP contribution in [0.3, 0.4) is 0 Å². The quantitative estimate of drug-likeness (QED) is 0.204. The van der Waals surface area contributed by atoms with Crippen LogP contribution in [0.4, 0.5) is 0 Å². The normalized spacial score (nSPS) is 11.2. The Balaban J connectivity index is 3.53. The van der Waals surface area contributed by atoms with Gasteiger partial charge >= 0.3 is 0 Å². The molecule has 12 heavy (non-hydrogen) atoms. The second kappa shape index (κ2) is 8.05. The molecule has 1 N–H and O–H groups in total. The zero-order valence-corrected chi connectivity index (χ0v) is 7.50. The number of unbranched alkanes of at least 4 members (excludes halogenated alkanes) is 1. The third kappa shape index (κ3) is 5.71. The molecule has 0 saturated heterocycles. The smallest absolute Gasteiger partial charge is 0.0574 e. The fourth-order valence-electron chi connectivity index (χ4n) is 0.944. The summed E-state index contributed by atoms with van der Waals surface area (Å²) in [6.07, 6.45) is 8.26. The van der Waals surface area contributed by atoms with Crippen LogP contribution >= 0.6 is 0 Å². The summed E-state index contributed by atoms with van der Waals surface area (Å²) in [5.74, 6) is 0. The maximum Gasteiger partial charge on any atom is 0.0574 e. The van der Waals surface area contributed by atoms with Gasteiger partial charge in [-0.25, -0.2) is 0 Å². The van der Waals surface area contributed by atoms with Gasteiger partial charge in [-0.05, 0) is 32.1 Å². The Bertz CT molecular complexity index is 161. The predicted octanol–water partition coefficient (Wildman–Crippen LogP) is 3.14. The summed E-state index contributed by atoms with van der Waals surface area (Å²) < 4.78 is 0. The zero-order valence-electron chi connectivity index (χ0n) is 7.50. The van der Waals surface area contributed by atoms with Crippen LogP contribution in [0.25, 0.3) is 0 Å². The minimum Gasteiger partial charge on any atom is -0.411 e. The molecule has 0 heterocycles. The van der Waals surface area contributed by atoms with Crippen LogP contribution in [0.5, 0.6) is 0 Å². The third-order valence-electron chi connectivity index (χ3n) is 1.65. The molecule has 0 saturated carbocycles. The van der Waals surface area contributed by atoms with Crippen molar-refractivity contribution in [1.82, 2.24) is 0 Å². The molecule has 0 aromatic carbocycles. The highest BCUT2D eigenvalue weighted by molar-refractivity contribution is 5.83. The largest absolute Gasteiger partial charge is 0.411 e. The molecule has 0 bridgehead atoms. The van der Waals surface area contributed by atoms with Gasteiger partial charge in [0.2, 0.25) is 0 Å². The molecule has 0 aliphatic heterocycles. The fourth-order valence-corrected chi connectivity index (χ4v) is 0.944. The Hall–Kier alpha value is -1.05. The summed E-state index contributed by atoms with van der Waals surface area (Å²) in [7, 11) is 0. The highest BCUT2D eigenvalue weighted by Crippen LogP contribution is 2.03. The fraction of sp³-hybridized carbons (Fsp3) is 0.500. The lowest BCUT2D eigenvalue weighted by Gasteiger charge is -2.00. The molecular weight excluding hydrogens is 150 g/mol. The summed E-state index contributed by atoms with van der Waals surface area (Å²) in [4.78, 5) is 0. The average Bonchev–Trinajstić information content (AvgIpc) is 2.11. The number of allylic oxidation sites excluding steroid dienone is 2. The second-order valence-corrected chi connectivity index (χ2v) is 2.67. The van der Waals surface area contributed by atoms with Crippen molar-refractivity contribution in [3.63, 3.8) is 0 Å². The highest BCUT2D eigenvalue weighted by Gasteiger charge is 1.97. The molecule has 0 spiro atoms. The molecule has 0 aromatic rings. The molecule has 0 aliphatic rings. The minimum atomic E-state index is 0.817. The highest BCUT2D eigenvalue weighted by atomic mass is 16.4. The van der Waals surface area contributed by atoms with Gasteiger partial charge < -0.3 is 5.21 Å². The van der Waals surface area contributed by atoms with Crippen molar-refractivity contribution in [3.8, 4) is 0 Å². The summed E-state index contributed by atoms with van der Waals surface area (Å²) in [6, 6.07) is 0. The van der Waals surface area contributed by atoms with Gasteiger partial charge in [-0.1, -0.05) is 17.3 Å². The maximum absolute atomic E-state index is 8.58. The number of oxime groups is 1. The van der Waals surface area contributed by atoms with Crippen LogP contribution in [0.1, 0.15) is 32.1 Å². The van der Waals surface area contributed by atoms with E-state index in [-0.39, 0.29) is 0 Å². The van der Waals surface area contributed by atoms with Gasteiger partial charge in [-0.15, -0.1) is 13.2 Å². The lowest BCUT2D eigenvalue weighted by Crippen LogP contribution is -1.97. The number of rotatable bonds is 7. The Morgan fingerprint density at radius 1 is 1.17 bits per heavy atom. The standard InChI is InChI=1S/C10H17NO/c1-3-5-7-9-10(11-12)8-6-4-2/h3-4,12H,1-2,5-9H2/b11-10+. The Morgan fingerprint density at radius 2 is 1.83 bits per heavy atom. The molecule has 0 unspecified atom stereocenters. The maximum atomic E-state index is 8.58. The van der Waals surface area contributed by atoms with Crippen molar-refractivity contribution in [2.75, 3.05) is 0 Å². The van der Waals surface area contributed by atoms with Gasteiger partial charge in [0.05, 0.1) is 5.71 Å². The van der Waals surface area contributed by atoms with E-state index in [4.69, 9.17) is 5.21 Å². The molecule has 0 aliphatic carbocycles.